The van der Waals surface area contributed by atoms with E-state index in [0.29, 0.717) is 52.5 Å². The zero-order valence-electron chi connectivity index (χ0n) is 20.5. The third kappa shape index (κ3) is 4.98. The molecule has 192 valence electrons. The Morgan fingerprint density at radius 1 is 1.11 bits per heavy atom. The van der Waals surface area contributed by atoms with Gasteiger partial charge in [0.05, 0.1) is 22.8 Å². The van der Waals surface area contributed by atoms with E-state index in [1.54, 1.807) is 31.6 Å². The van der Waals surface area contributed by atoms with Gasteiger partial charge in [-0.15, -0.1) is 0 Å². The van der Waals surface area contributed by atoms with Crippen molar-refractivity contribution in [3.63, 3.8) is 0 Å². The quantitative estimate of drug-likeness (QED) is 0.288. The van der Waals surface area contributed by atoms with Crippen molar-refractivity contribution in [1.82, 2.24) is 24.7 Å². The van der Waals surface area contributed by atoms with Crippen LogP contribution in [0.15, 0.2) is 65.7 Å². The molecule has 0 saturated heterocycles. The topological polar surface area (TPSA) is 115 Å². The Morgan fingerprint density at radius 2 is 1.84 bits per heavy atom. The zero-order valence-corrected chi connectivity index (χ0v) is 22.0. The first-order chi connectivity index (χ1) is 18.4. The summed E-state index contributed by atoms with van der Waals surface area (Å²) < 4.78 is 6.77. The Hall–Kier alpha value is -4.21. The molecule has 3 aromatic heterocycles. The van der Waals surface area contributed by atoms with Crippen LogP contribution in [0.1, 0.15) is 34.4 Å². The predicted octanol–water partition coefficient (Wildman–Crippen LogP) is 5.22. The second-order valence-electron chi connectivity index (χ2n) is 8.43. The number of hydrogen-bond acceptors (Lipinski definition) is 6. The van der Waals surface area contributed by atoms with Crippen molar-refractivity contribution in [1.29, 1.82) is 0 Å². The first-order valence-electron chi connectivity index (χ1n) is 11.7. The van der Waals surface area contributed by atoms with Crippen LogP contribution < -0.4 is 15.6 Å². The molecule has 38 heavy (non-hydrogen) atoms. The highest BCUT2D eigenvalue weighted by Crippen LogP contribution is 2.33. The molecule has 0 atom stereocenters. The number of halogens is 2. The summed E-state index contributed by atoms with van der Waals surface area (Å²) >= 11 is 13.3. The van der Waals surface area contributed by atoms with Crippen molar-refractivity contribution in [2.45, 2.75) is 19.8 Å². The van der Waals surface area contributed by atoms with Gasteiger partial charge < -0.3 is 15.0 Å². The molecule has 0 aliphatic heterocycles. The fourth-order valence-corrected chi connectivity index (χ4v) is 4.79. The minimum absolute atomic E-state index is 0.181. The molecule has 0 unspecified atom stereocenters. The van der Waals surface area contributed by atoms with Gasteiger partial charge in [0.15, 0.2) is 5.65 Å². The maximum atomic E-state index is 13.1. The van der Waals surface area contributed by atoms with Crippen molar-refractivity contribution in [2.24, 2.45) is 0 Å². The van der Waals surface area contributed by atoms with E-state index in [2.05, 4.69) is 20.4 Å². The number of methoxy groups -OCH3 is 1. The Morgan fingerprint density at radius 3 is 2.53 bits per heavy atom. The SMILES string of the molecule is CCc1nn(-c2c(Cl)cc(C(=O)Nc3ccncc3)cc2Cl)c2nc(Cc3cccc(OC)c3)[nH]c(=O)c12. The molecule has 3 heterocycles. The summed E-state index contributed by atoms with van der Waals surface area (Å²) in [7, 11) is 1.59. The number of aryl methyl sites for hydroxylation is 1. The minimum atomic E-state index is -0.388. The maximum absolute atomic E-state index is 13.1. The van der Waals surface area contributed by atoms with Crippen LogP contribution in [0.4, 0.5) is 5.69 Å². The van der Waals surface area contributed by atoms with Gasteiger partial charge in [0, 0.05) is 30.1 Å². The van der Waals surface area contributed by atoms with Crippen LogP contribution in [0, 0.1) is 0 Å². The molecule has 0 fully saturated rings. The number of pyridine rings is 1. The predicted molar refractivity (Wildman–Crippen MR) is 147 cm³/mol. The van der Waals surface area contributed by atoms with Crippen molar-refractivity contribution in [3.05, 3.63) is 104 Å². The van der Waals surface area contributed by atoms with Gasteiger partial charge in [0.25, 0.3) is 11.5 Å². The lowest BCUT2D eigenvalue weighted by Crippen LogP contribution is -2.14. The number of aromatic nitrogens is 5. The highest BCUT2D eigenvalue weighted by Gasteiger charge is 2.22. The lowest BCUT2D eigenvalue weighted by Gasteiger charge is -2.12. The van der Waals surface area contributed by atoms with Crippen LogP contribution in [-0.2, 0) is 12.8 Å². The molecule has 0 radical (unpaired) electrons. The Balaban J connectivity index is 1.57. The van der Waals surface area contributed by atoms with E-state index >= 15 is 0 Å². The first-order valence-corrected chi connectivity index (χ1v) is 12.5. The number of carbonyl (C=O) groups excluding carboxylic acids is 1. The number of anilines is 1. The summed E-state index contributed by atoms with van der Waals surface area (Å²) in [6.07, 6.45) is 4.00. The Bertz CT molecular complexity index is 1690. The third-order valence-electron chi connectivity index (χ3n) is 5.93. The fraction of sp³-hybridized carbons (Fsp3) is 0.148. The number of nitrogens with zero attached hydrogens (tertiary/aromatic N) is 4. The normalized spacial score (nSPS) is 11.1. The average molecular weight is 549 g/mol. The van der Waals surface area contributed by atoms with Crippen molar-refractivity contribution >= 4 is 45.8 Å². The van der Waals surface area contributed by atoms with Crippen LogP contribution >= 0.6 is 23.2 Å². The van der Waals surface area contributed by atoms with Gasteiger partial charge in [0.2, 0.25) is 0 Å². The molecule has 0 spiro atoms. The molecule has 9 nitrogen and oxygen atoms in total. The summed E-state index contributed by atoms with van der Waals surface area (Å²) in [6.45, 7) is 1.89. The van der Waals surface area contributed by atoms with E-state index in [1.165, 1.54) is 16.8 Å². The molecular formula is C27H22Cl2N6O3. The number of amides is 1. The molecule has 2 N–H and O–H groups in total. The van der Waals surface area contributed by atoms with Crippen LogP contribution in [0.5, 0.6) is 5.75 Å². The standard InChI is InChI=1S/C27H22Cl2N6O3/c1-3-21-23-25(32-22(33-27(23)37)12-15-5-4-6-18(11-15)38-2)35(34-21)24-19(28)13-16(14-20(24)29)26(36)31-17-7-9-30-10-8-17/h4-11,13-14H,3,12H2,1-2H3,(H,30,31,36)(H,32,33,37). The van der Waals surface area contributed by atoms with Crippen LogP contribution in [-0.4, -0.2) is 37.7 Å². The zero-order chi connectivity index (χ0) is 26.8. The van der Waals surface area contributed by atoms with Gasteiger partial charge in [0.1, 0.15) is 22.6 Å². The molecule has 5 rings (SSSR count). The van der Waals surface area contributed by atoms with Gasteiger partial charge >= 0.3 is 0 Å². The second kappa shape index (κ2) is 10.6. The lowest BCUT2D eigenvalue weighted by atomic mass is 10.1. The highest BCUT2D eigenvalue weighted by molar-refractivity contribution is 6.38. The smallest absolute Gasteiger partial charge is 0.262 e. The molecular weight excluding hydrogens is 527 g/mol. The van der Waals surface area contributed by atoms with E-state index in [1.807, 2.05) is 31.2 Å². The second-order valence-corrected chi connectivity index (χ2v) is 9.24. The molecule has 5 aromatic rings. The number of aromatic amines is 1. The van der Waals surface area contributed by atoms with Crippen LogP contribution in [0.2, 0.25) is 10.0 Å². The van der Waals surface area contributed by atoms with Crippen LogP contribution in [0.25, 0.3) is 16.7 Å². The Kier molecular flexibility index (Phi) is 7.13. The van der Waals surface area contributed by atoms with Gasteiger partial charge in [-0.3, -0.25) is 14.6 Å². The van der Waals surface area contributed by atoms with E-state index in [0.717, 1.165) is 5.56 Å². The molecule has 0 saturated carbocycles. The van der Waals surface area contributed by atoms with Gasteiger partial charge in [-0.25, -0.2) is 9.67 Å². The first kappa shape index (κ1) is 25.4. The van der Waals surface area contributed by atoms with Crippen molar-refractivity contribution < 1.29 is 9.53 Å². The summed E-state index contributed by atoms with van der Waals surface area (Å²) in [4.78, 5) is 37.5. The maximum Gasteiger partial charge on any atom is 0.262 e. The number of fused-ring (bicyclic) bond motifs is 1. The number of carbonyl (C=O) groups is 1. The summed E-state index contributed by atoms with van der Waals surface area (Å²) in [5.74, 6) is 0.761. The van der Waals surface area contributed by atoms with E-state index < -0.39 is 0 Å². The number of benzene rings is 2. The largest absolute Gasteiger partial charge is 0.497 e. The van der Waals surface area contributed by atoms with Crippen LogP contribution in [0.3, 0.4) is 0 Å². The molecule has 0 aliphatic carbocycles. The van der Waals surface area contributed by atoms with Gasteiger partial charge in [-0.2, -0.15) is 5.10 Å². The summed E-state index contributed by atoms with van der Waals surface area (Å²) in [6, 6.07) is 13.9. The number of rotatable bonds is 7. The summed E-state index contributed by atoms with van der Waals surface area (Å²) in [5, 5.41) is 8.11. The van der Waals surface area contributed by atoms with Crippen molar-refractivity contribution in [3.8, 4) is 11.4 Å². The number of hydrogen-bond donors (Lipinski definition) is 2. The van der Waals surface area contributed by atoms with Gasteiger partial charge in [-0.1, -0.05) is 42.3 Å². The average Bonchev–Trinajstić information content (AvgIpc) is 3.27. The number of ether oxygens (including phenoxy) is 1. The number of H-pyrrole nitrogens is 1. The number of nitrogens with one attached hydrogen (secondary N) is 2. The molecule has 2 aromatic carbocycles. The van der Waals surface area contributed by atoms with E-state index in [-0.39, 0.29) is 27.1 Å². The van der Waals surface area contributed by atoms with E-state index in [9.17, 15) is 9.59 Å². The molecule has 0 bridgehead atoms. The van der Waals surface area contributed by atoms with Crippen molar-refractivity contribution in [2.75, 3.05) is 12.4 Å². The minimum Gasteiger partial charge on any atom is -0.497 e. The molecule has 11 heteroatoms. The van der Waals surface area contributed by atoms with Gasteiger partial charge in [-0.05, 0) is 48.4 Å². The highest BCUT2D eigenvalue weighted by atomic mass is 35.5. The monoisotopic (exact) mass is 548 g/mol. The summed E-state index contributed by atoms with van der Waals surface area (Å²) in [5.41, 5.74) is 2.64. The molecule has 0 aliphatic rings. The molecule has 1 amide bonds. The fourth-order valence-electron chi connectivity index (χ4n) is 4.14. The third-order valence-corrected chi connectivity index (χ3v) is 6.51. The van der Waals surface area contributed by atoms with E-state index in [4.69, 9.17) is 32.9 Å². The lowest BCUT2D eigenvalue weighted by molar-refractivity contribution is 0.102. The Labute approximate surface area is 227 Å².